The molecule has 2 aromatic rings. The average Bonchev–Trinajstić information content (AvgIpc) is 3.05. The van der Waals surface area contributed by atoms with Gasteiger partial charge in [-0.25, -0.2) is 0 Å². The number of likely N-dealkylation sites (tertiary alicyclic amines) is 1. The Balaban J connectivity index is 1.76. The van der Waals surface area contributed by atoms with Crippen LogP contribution < -0.4 is 5.32 Å². The number of rotatable bonds is 3. The van der Waals surface area contributed by atoms with E-state index < -0.39 is 0 Å². The predicted octanol–water partition coefficient (Wildman–Crippen LogP) is 3.38. The predicted molar refractivity (Wildman–Crippen MR) is 91.1 cm³/mol. The number of benzene rings is 1. The standard InChI is InChI=1S/C18H22N4O/c1-12-10-13(2)17(14(3)11-12)19-16-7-6-15(20-21-16)18(23)22-8-4-5-9-22/h6-7,10-11H,4-5,8-9H2,1-3H3,(H,19,21). The van der Waals surface area contributed by atoms with Gasteiger partial charge in [-0.05, 0) is 56.9 Å². The van der Waals surface area contributed by atoms with Gasteiger partial charge in [-0.15, -0.1) is 10.2 Å². The summed E-state index contributed by atoms with van der Waals surface area (Å²) in [4.78, 5) is 14.1. The molecule has 1 aliphatic heterocycles. The molecule has 0 atom stereocenters. The van der Waals surface area contributed by atoms with Crippen molar-refractivity contribution in [1.82, 2.24) is 15.1 Å². The number of carbonyl (C=O) groups excluding carboxylic acids is 1. The maximum atomic E-state index is 12.3. The van der Waals surface area contributed by atoms with E-state index in [1.807, 2.05) is 11.0 Å². The number of aryl methyl sites for hydroxylation is 3. The van der Waals surface area contributed by atoms with Gasteiger partial charge in [-0.1, -0.05) is 17.7 Å². The van der Waals surface area contributed by atoms with Crippen LogP contribution in [0, 0.1) is 20.8 Å². The third-order valence-electron chi connectivity index (χ3n) is 4.21. The van der Waals surface area contributed by atoms with Gasteiger partial charge in [0.05, 0.1) is 0 Å². The molecule has 1 fully saturated rings. The van der Waals surface area contributed by atoms with Gasteiger partial charge < -0.3 is 10.2 Å². The SMILES string of the molecule is Cc1cc(C)c(Nc2ccc(C(=O)N3CCCC3)nn2)c(C)c1. The fraction of sp³-hybridized carbons (Fsp3) is 0.389. The van der Waals surface area contributed by atoms with E-state index in [4.69, 9.17) is 0 Å². The molecule has 1 aromatic heterocycles. The van der Waals surface area contributed by atoms with Crippen molar-refractivity contribution >= 4 is 17.4 Å². The second-order valence-electron chi connectivity index (χ2n) is 6.20. The second-order valence-corrected chi connectivity index (χ2v) is 6.20. The van der Waals surface area contributed by atoms with E-state index in [-0.39, 0.29) is 5.91 Å². The molecule has 5 nitrogen and oxygen atoms in total. The monoisotopic (exact) mass is 310 g/mol. The number of aromatic nitrogens is 2. The molecule has 0 spiro atoms. The van der Waals surface area contributed by atoms with E-state index in [9.17, 15) is 4.79 Å². The number of amides is 1. The van der Waals surface area contributed by atoms with Gasteiger partial charge in [0.25, 0.3) is 5.91 Å². The Labute approximate surface area is 136 Å². The molecule has 0 radical (unpaired) electrons. The zero-order valence-corrected chi connectivity index (χ0v) is 13.9. The zero-order chi connectivity index (χ0) is 16.4. The van der Waals surface area contributed by atoms with Crippen molar-refractivity contribution in [3.8, 4) is 0 Å². The van der Waals surface area contributed by atoms with Crippen LogP contribution in [0.15, 0.2) is 24.3 Å². The van der Waals surface area contributed by atoms with E-state index in [1.54, 1.807) is 6.07 Å². The second kappa shape index (κ2) is 6.36. The summed E-state index contributed by atoms with van der Waals surface area (Å²) in [7, 11) is 0. The minimum atomic E-state index is -0.0238. The average molecular weight is 310 g/mol. The highest BCUT2D eigenvalue weighted by Gasteiger charge is 2.20. The Bertz CT molecular complexity index is 695. The molecule has 1 aliphatic rings. The highest BCUT2D eigenvalue weighted by atomic mass is 16.2. The van der Waals surface area contributed by atoms with Crippen molar-refractivity contribution < 1.29 is 4.79 Å². The van der Waals surface area contributed by atoms with Gasteiger partial charge in [0.15, 0.2) is 11.5 Å². The summed E-state index contributed by atoms with van der Waals surface area (Å²) in [5.74, 6) is 0.627. The first-order valence-electron chi connectivity index (χ1n) is 8.02. The van der Waals surface area contributed by atoms with Gasteiger partial charge in [-0.2, -0.15) is 0 Å². The molecule has 0 saturated carbocycles. The lowest BCUT2D eigenvalue weighted by molar-refractivity contribution is 0.0786. The van der Waals surface area contributed by atoms with Gasteiger partial charge in [0, 0.05) is 18.8 Å². The van der Waals surface area contributed by atoms with E-state index in [0.29, 0.717) is 11.5 Å². The van der Waals surface area contributed by atoms with Crippen molar-refractivity contribution in [2.75, 3.05) is 18.4 Å². The molecule has 120 valence electrons. The molecular formula is C18H22N4O. The number of anilines is 2. The summed E-state index contributed by atoms with van der Waals surface area (Å²) in [6.07, 6.45) is 2.15. The van der Waals surface area contributed by atoms with Crippen LogP contribution in [0.1, 0.15) is 40.0 Å². The Morgan fingerprint density at radius 1 is 1.04 bits per heavy atom. The quantitative estimate of drug-likeness (QED) is 0.944. The Morgan fingerprint density at radius 2 is 1.70 bits per heavy atom. The summed E-state index contributed by atoms with van der Waals surface area (Å²) in [6.45, 7) is 7.87. The fourth-order valence-corrected chi connectivity index (χ4v) is 3.10. The lowest BCUT2D eigenvalue weighted by Gasteiger charge is -2.15. The highest BCUT2D eigenvalue weighted by molar-refractivity contribution is 5.92. The van der Waals surface area contributed by atoms with Gasteiger partial charge in [0.2, 0.25) is 0 Å². The van der Waals surface area contributed by atoms with Crippen molar-refractivity contribution in [3.63, 3.8) is 0 Å². The third kappa shape index (κ3) is 3.33. The molecule has 1 aromatic carbocycles. The van der Waals surface area contributed by atoms with Crippen LogP contribution in [0.3, 0.4) is 0 Å². The molecule has 1 saturated heterocycles. The van der Waals surface area contributed by atoms with Crippen molar-refractivity contribution in [1.29, 1.82) is 0 Å². The van der Waals surface area contributed by atoms with E-state index in [2.05, 4.69) is 48.4 Å². The number of hydrogen-bond acceptors (Lipinski definition) is 4. The number of hydrogen-bond donors (Lipinski definition) is 1. The summed E-state index contributed by atoms with van der Waals surface area (Å²) in [5.41, 5.74) is 5.03. The minimum absolute atomic E-state index is 0.0238. The molecule has 1 N–H and O–H groups in total. The molecule has 0 unspecified atom stereocenters. The first-order chi connectivity index (χ1) is 11.0. The summed E-state index contributed by atoms with van der Waals surface area (Å²) in [5, 5.41) is 11.6. The normalized spacial score (nSPS) is 14.1. The van der Waals surface area contributed by atoms with Gasteiger partial charge in [-0.3, -0.25) is 4.79 Å². The number of carbonyl (C=O) groups is 1. The smallest absolute Gasteiger partial charge is 0.274 e. The molecule has 0 aliphatic carbocycles. The fourth-order valence-electron chi connectivity index (χ4n) is 3.10. The topological polar surface area (TPSA) is 58.1 Å². The first-order valence-corrected chi connectivity index (χ1v) is 8.02. The van der Waals surface area contributed by atoms with Crippen molar-refractivity contribution in [3.05, 3.63) is 46.6 Å². The van der Waals surface area contributed by atoms with Crippen LogP contribution in [0.4, 0.5) is 11.5 Å². The molecule has 0 bridgehead atoms. The Morgan fingerprint density at radius 3 is 2.26 bits per heavy atom. The maximum Gasteiger partial charge on any atom is 0.274 e. The third-order valence-corrected chi connectivity index (χ3v) is 4.21. The van der Waals surface area contributed by atoms with Crippen molar-refractivity contribution in [2.45, 2.75) is 33.6 Å². The Kier molecular flexibility index (Phi) is 4.28. The maximum absolute atomic E-state index is 12.3. The van der Waals surface area contributed by atoms with Gasteiger partial charge in [0.1, 0.15) is 0 Å². The molecule has 5 heteroatoms. The van der Waals surface area contributed by atoms with Crippen LogP contribution in [-0.4, -0.2) is 34.1 Å². The van der Waals surface area contributed by atoms with Gasteiger partial charge >= 0.3 is 0 Å². The first kappa shape index (κ1) is 15.5. The van der Waals surface area contributed by atoms with E-state index in [0.717, 1.165) is 31.6 Å². The van der Waals surface area contributed by atoms with E-state index >= 15 is 0 Å². The number of nitrogens with one attached hydrogen (secondary N) is 1. The molecule has 23 heavy (non-hydrogen) atoms. The van der Waals surface area contributed by atoms with Crippen LogP contribution >= 0.6 is 0 Å². The molecular weight excluding hydrogens is 288 g/mol. The molecule has 1 amide bonds. The lowest BCUT2D eigenvalue weighted by Crippen LogP contribution is -2.28. The van der Waals surface area contributed by atoms with E-state index in [1.165, 1.54) is 16.7 Å². The summed E-state index contributed by atoms with van der Waals surface area (Å²) < 4.78 is 0. The van der Waals surface area contributed by atoms with Crippen LogP contribution in [-0.2, 0) is 0 Å². The lowest BCUT2D eigenvalue weighted by atomic mass is 10.1. The molecule has 3 rings (SSSR count). The van der Waals surface area contributed by atoms with Crippen LogP contribution in [0.25, 0.3) is 0 Å². The summed E-state index contributed by atoms with van der Waals surface area (Å²) in [6, 6.07) is 7.83. The summed E-state index contributed by atoms with van der Waals surface area (Å²) >= 11 is 0. The zero-order valence-electron chi connectivity index (χ0n) is 13.9. The molecule has 2 heterocycles. The largest absolute Gasteiger partial charge is 0.338 e. The minimum Gasteiger partial charge on any atom is -0.338 e. The van der Waals surface area contributed by atoms with Crippen LogP contribution in [0.5, 0.6) is 0 Å². The Hall–Kier alpha value is -2.43. The van der Waals surface area contributed by atoms with Crippen molar-refractivity contribution in [2.24, 2.45) is 0 Å². The number of nitrogens with zero attached hydrogens (tertiary/aromatic N) is 3. The highest BCUT2D eigenvalue weighted by Crippen LogP contribution is 2.25. The van der Waals surface area contributed by atoms with Crippen LogP contribution in [0.2, 0.25) is 0 Å².